The molecule has 2 N–H and O–H groups in total. The van der Waals surface area contributed by atoms with E-state index in [1.807, 2.05) is 0 Å². The molecule has 0 bridgehead atoms. The van der Waals surface area contributed by atoms with Crippen LogP contribution in [0.25, 0.3) is 0 Å². The average molecular weight is 380 g/mol. The van der Waals surface area contributed by atoms with Crippen LogP contribution in [0.2, 0.25) is 0 Å². The first kappa shape index (κ1) is 17.9. The molecule has 0 aliphatic carbocycles. The van der Waals surface area contributed by atoms with Gasteiger partial charge in [0.05, 0.1) is 6.42 Å². The molecule has 1 heterocycles. The number of ketones is 1. The van der Waals surface area contributed by atoms with E-state index in [0.29, 0.717) is 5.75 Å². The topological polar surface area (TPSA) is 76.0 Å². The zero-order chi connectivity index (χ0) is 19.7. The van der Waals surface area contributed by atoms with Crippen molar-refractivity contribution in [1.29, 1.82) is 0 Å². The smallest absolute Gasteiger partial charge is 0.174 e. The second kappa shape index (κ2) is 7.23. The summed E-state index contributed by atoms with van der Waals surface area (Å²) in [6.07, 6.45) is -0.437. The summed E-state index contributed by atoms with van der Waals surface area (Å²) in [5.41, 5.74) is 1.63. The summed E-state index contributed by atoms with van der Waals surface area (Å²) >= 11 is 0. The first-order chi connectivity index (χ1) is 13.5. The van der Waals surface area contributed by atoms with Crippen molar-refractivity contribution >= 4 is 5.78 Å². The van der Waals surface area contributed by atoms with Crippen LogP contribution in [-0.2, 0) is 6.61 Å². The first-order valence-electron chi connectivity index (χ1n) is 8.72. The van der Waals surface area contributed by atoms with Crippen LogP contribution >= 0.6 is 0 Å². The Balaban J connectivity index is 1.57. The maximum Gasteiger partial charge on any atom is 0.174 e. The Hall–Kier alpha value is -3.54. The van der Waals surface area contributed by atoms with E-state index in [9.17, 15) is 19.4 Å². The van der Waals surface area contributed by atoms with Crippen molar-refractivity contribution in [3.63, 3.8) is 0 Å². The van der Waals surface area contributed by atoms with Crippen LogP contribution in [0, 0.1) is 5.82 Å². The number of ether oxygens (including phenoxy) is 2. The second-order valence-electron chi connectivity index (χ2n) is 6.56. The van der Waals surface area contributed by atoms with E-state index in [-0.39, 0.29) is 47.4 Å². The maximum absolute atomic E-state index is 13.0. The number of rotatable bonds is 4. The predicted octanol–water partition coefficient (Wildman–Crippen LogP) is 4.52. The molecule has 6 heteroatoms. The summed E-state index contributed by atoms with van der Waals surface area (Å²) in [5.74, 6) is -0.0754. The number of halogens is 1. The van der Waals surface area contributed by atoms with Gasteiger partial charge in [0, 0.05) is 12.1 Å². The van der Waals surface area contributed by atoms with Gasteiger partial charge >= 0.3 is 0 Å². The van der Waals surface area contributed by atoms with Crippen molar-refractivity contribution in [3.05, 3.63) is 83.2 Å². The fraction of sp³-hybridized carbons (Fsp3) is 0.136. The molecule has 28 heavy (non-hydrogen) atoms. The Morgan fingerprint density at radius 1 is 1.04 bits per heavy atom. The van der Waals surface area contributed by atoms with Gasteiger partial charge < -0.3 is 19.7 Å². The van der Waals surface area contributed by atoms with Crippen molar-refractivity contribution in [3.8, 4) is 23.0 Å². The third-order valence-corrected chi connectivity index (χ3v) is 4.56. The highest BCUT2D eigenvalue weighted by Crippen LogP contribution is 2.42. The van der Waals surface area contributed by atoms with Gasteiger partial charge in [0.2, 0.25) is 0 Å². The molecule has 3 aromatic carbocycles. The first-order valence-corrected chi connectivity index (χ1v) is 8.72. The summed E-state index contributed by atoms with van der Waals surface area (Å²) in [6, 6.07) is 15.2. The van der Waals surface area contributed by atoms with Crippen LogP contribution in [0.4, 0.5) is 4.39 Å². The van der Waals surface area contributed by atoms with E-state index < -0.39 is 6.10 Å². The lowest BCUT2D eigenvalue weighted by molar-refractivity contribution is 0.0844. The van der Waals surface area contributed by atoms with E-state index in [4.69, 9.17) is 9.47 Å². The number of Topliss-reactive ketones (excluding diaryl/α,β-unsaturated/α-hetero) is 1. The van der Waals surface area contributed by atoms with Gasteiger partial charge in [-0.2, -0.15) is 0 Å². The number of aromatic hydroxyl groups is 2. The molecule has 1 aliphatic rings. The highest BCUT2D eigenvalue weighted by atomic mass is 19.1. The molecule has 0 saturated carbocycles. The van der Waals surface area contributed by atoms with Crippen LogP contribution in [0.5, 0.6) is 23.0 Å². The highest BCUT2D eigenvalue weighted by molar-refractivity contribution is 6.02. The van der Waals surface area contributed by atoms with E-state index >= 15 is 0 Å². The van der Waals surface area contributed by atoms with Gasteiger partial charge in [-0.3, -0.25) is 4.79 Å². The van der Waals surface area contributed by atoms with E-state index in [1.165, 1.54) is 30.3 Å². The van der Waals surface area contributed by atoms with Gasteiger partial charge in [-0.15, -0.1) is 0 Å². The molecular formula is C22H17FO5. The summed E-state index contributed by atoms with van der Waals surface area (Å²) in [4.78, 5) is 12.5. The average Bonchev–Trinajstić information content (AvgIpc) is 2.67. The summed E-state index contributed by atoms with van der Waals surface area (Å²) < 4.78 is 24.6. The second-order valence-corrected chi connectivity index (χ2v) is 6.56. The van der Waals surface area contributed by atoms with Crippen molar-refractivity contribution in [1.82, 2.24) is 0 Å². The molecule has 3 aromatic rings. The summed E-state index contributed by atoms with van der Waals surface area (Å²) in [5, 5.41) is 19.7. The summed E-state index contributed by atoms with van der Waals surface area (Å²) in [7, 11) is 0. The minimum atomic E-state index is -0.521. The third kappa shape index (κ3) is 3.62. The zero-order valence-corrected chi connectivity index (χ0v) is 14.8. The molecule has 0 spiro atoms. The zero-order valence-electron chi connectivity index (χ0n) is 14.8. The van der Waals surface area contributed by atoms with Gasteiger partial charge in [0.15, 0.2) is 5.78 Å². The molecule has 142 valence electrons. The van der Waals surface area contributed by atoms with Crippen LogP contribution in [0.3, 0.4) is 0 Å². The number of carbonyl (C=O) groups excluding carboxylic acids is 1. The molecule has 5 nitrogen and oxygen atoms in total. The van der Waals surface area contributed by atoms with Crippen molar-refractivity contribution in [2.45, 2.75) is 19.1 Å². The molecule has 0 fully saturated rings. The Bertz CT molecular complexity index is 1010. The molecule has 0 aromatic heterocycles. The van der Waals surface area contributed by atoms with Crippen LogP contribution in [0.1, 0.15) is 34.0 Å². The number of benzene rings is 3. The van der Waals surface area contributed by atoms with Gasteiger partial charge in [-0.05, 0) is 35.4 Å². The Morgan fingerprint density at radius 3 is 2.46 bits per heavy atom. The summed E-state index contributed by atoms with van der Waals surface area (Å²) in [6.45, 7) is 0.174. The van der Waals surface area contributed by atoms with Gasteiger partial charge in [-0.25, -0.2) is 4.39 Å². The minimum absolute atomic E-state index is 0.0844. The molecular weight excluding hydrogens is 363 g/mol. The minimum Gasteiger partial charge on any atom is -0.508 e. The molecule has 0 saturated heterocycles. The van der Waals surface area contributed by atoms with Gasteiger partial charge in [0.25, 0.3) is 0 Å². The third-order valence-electron chi connectivity index (χ3n) is 4.56. The lowest BCUT2D eigenvalue weighted by Gasteiger charge is -2.26. The number of fused-ring (bicyclic) bond motifs is 1. The Kier molecular flexibility index (Phi) is 4.61. The fourth-order valence-corrected chi connectivity index (χ4v) is 3.12. The molecule has 1 atom stereocenters. The number of hydrogen-bond donors (Lipinski definition) is 2. The standard InChI is InChI=1S/C22H17FO5/c23-15-5-1-13(2-6-15)12-27-17-9-18(25)22-19(26)11-20(28-21(22)10-17)14-3-7-16(24)8-4-14/h1-10,20,24-25H,11-12H2/t20-/m0/s1. The largest absolute Gasteiger partial charge is 0.508 e. The van der Waals surface area contributed by atoms with Crippen molar-refractivity contribution < 1.29 is 28.9 Å². The lowest BCUT2D eigenvalue weighted by Crippen LogP contribution is -2.20. The maximum atomic E-state index is 13.0. The number of carbonyl (C=O) groups is 1. The Morgan fingerprint density at radius 2 is 1.75 bits per heavy atom. The van der Waals surface area contributed by atoms with Crippen molar-refractivity contribution in [2.24, 2.45) is 0 Å². The van der Waals surface area contributed by atoms with E-state index in [0.717, 1.165) is 11.1 Å². The number of phenolic OH excluding ortho intramolecular Hbond substituents is 2. The van der Waals surface area contributed by atoms with Crippen LogP contribution in [-0.4, -0.2) is 16.0 Å². The predicted molar refractivity (Wildman–Crippen MR) is 99.3 cm³/mol. The number of phenols is 2. The van der Waals surface area contributed by atoms with E-state index in [1.54, 1.807) is 30.3 Å². The molecule has 1 aliphatic heterocycles. The van der Waals surface area contributed by atoms with Gasteiger partial charge in [-0.1, -0.05) is 24.3 Å². The normalized spacial score (nSPS) is 15.6. The molecule has 0 amide bonds. The van der Waals surface area contributed by atoms with Crippen LogP contribution < -0.4 is 9.47 Å². The fourth-order valence-electron chi connectivity index (χ4n) is 3.12. The Labute approximate surface area is 160 Å². The molecule has 4 rings (SSSR count). The molecule has 0 unspecified atom stereocenters. The SMILES string of the molecule is O=C1C[C@@H](c2ccc(O)cc2)Oc2cc(OCc3ccc(F)cc3)cc(O)c21. The van der Waals surface area contributed by atoms with Crippen molar-refractivity contribution in [2.75, 3.05) is 0 Å². The monoisotopic (exact) mass is 380 g/mol. The van der Waals surface area contributed by atoms with Crippen LogP contribution in [0.15, 0.2) is 60.7 Å². The van der Waals surface area contributed by atoms with Gasteiger partial charge in [0.1, 0.15) is 47.1 Å². The van der Waals surface area contributed by atoms with E-state index in [2.05, 4.69) is 0 Å². The quantitative estimate of drug-likeness (QED) is 0.696. The molecule has 0 radical (unpaired) electrons. The highest BCUT2D eigenvalue weighted by Gasteiger charge is 2.31. The number of hydrogen-bond acceptors (Lipinski definition) is 5. The lowest BCUT2D eigenvalue weighted by atomic mass is 9.95.